The van der Waals surface area contributed by atoms with E-state index < -0.39 is 0 Å². The first-order valence-electron chi connectivity index (χ1n) is 10.1. The minimum Gasteiger partial charge on any atom is -0.371 e. The van der Waals surface area contributed by atoms with Gasteiger partial charge in [-0.15, -0.1) is 0 Å². The van der Waals surface area contributed by atoms with E-state index in [1.165, 1.54) is 23.3 Å². The van der Waals surface area contributed by atoms with Crippen molar-refractivity contribution in [2.45, 2.75) is 32.8 Å². The van der Waals surface area contributed by atoms with Gasteiger partial charge in [0.05, 0.1) is 18.4 Å². The Morgan fingerprint density at radius 3 is 2.50 bits per heavy atom. The second-order valence-corrected chi connectivity index (χ2v) is 7.39. The lowest BCUT2D eigenvalue weighted by molar-refractivity contribution is 0.0273. The summed E-state index contributed by atoms with van der Waals surface area (Å²) in [6.45, 7) is 6.75. The maximum atomic E-state index is 13.5. The van der Waals surface area contributed by atoms with Gasteiger partial charge >= 0.3 is 0 Å². The molecule has 1 fully saturated rings. The van der Waals surface area contributed by atoms with Crippen molar-refractivity contribution in [1.82, 2.24) is 9.88 Å². The van der Waals surface area contributed by atoms with Gasteiger partial charge < -0.3 is 14.6 Å². The molecule has 1 aliphatic rings. The molecule has 1 N–H and O–H groups in total. The summed E-state index contributed by atoms with van der Waals surface area (Å²) in [7, 11) is 0. The van der Waals surface area contributed by atoms with Gasteiger partial charge in [-0.1, -0.05) is 25.5 Å². The molecule has 4 heteroatoms. The molecule has 0 radical (unpaired) electrons. The Labute approximate surface area is 166 Å². The molecule has 0 spiro atoms. The Balaban J connectivity index is 1.82. The summed E-state index contributed by atoms with van der Waals surface area (Å²) in [4.78, 5) is 0. The SMILES string of the molecule is CCCc1ccc(-n2c(-c3ccc(F)cc3)cc(C3CNCCO3)c2C)cc1. The minimum atomic E-state index is -0.220. The van der Waals surface area contributed by atoms with E-state index in [1.807, 2.05) is 12.1 Å². The van der Waals surface area contributed by atoms with Gasteiger partial charge in [0.2, 0.25) is 0 Å². The highest BCUT2D eigenvalue weighted by molar-refractivity contribution is 5.66. The van der Waals surface area contributed by atoms with Crippen molar-refractivity contribution in [2.24, 2.45) is 0 Å². The predicted molar refractivity (Wildman–Crippen MR) is 111 cm³/mol. The lowest BCUT2D eigenvalue weighted by Crippen LogP contribution is -2.33. The predicted octanol–water partition coefficient (Wildman–Crippen LogP) is 5.21. The molecular weight excluding hydrogens is 351 g/mol. The standard InChI is InChI=1S/C24H27FN2O/c1-3-4-18-5-11-21(12-6-18)27-17(2)22(24-16-26-13-14-28-24)15-23(27)19-7-9-20(25)10-8-19/h5-12,15,24,26H,3-4,13-14,16H2,1-2H3. The van der Waals surface area contributed by atoms with Crippen LogP contribution < -0.4 is 5.32 Å². The second kappa shape index (κ2) is 8.29. The molecule has 1 unspecified atom stereocenters. The number of benzene rings is 2. The van der Waals surface area contributed by atoms with Gasteiger partial charge in [0.25, 0.3) is 0 Å². The van der Waals surface area contributed by atoms with Gasteiger partial charge in [-0.25, -0.2) is 4.39 Å². The number of halogens is 1. The summed E-state index contributed by atoms with van der Waals surface area (Å²) >= 11 is 0. The fraction of sp³-hybridized carbons (Fsp3) is 0.333. The largest absolute Gasteiger partial charge is 0.371 e. The molecule has 0 amide bonds. The average Bonchev–Trinajstić information content (AvgIpc) is 3.07. The molecule has 146 valence electrons. The van der Waals surface area contributed by atoms with Crippen molar-refractivity contribution in [3.05, 3.63) is 77.2 Å². The maximum absolute atomic E-state index is 13.5. The zero-order valence-electron chi connectivity index (χ0n) is 16.5. The Morgan fingerprint density at radius 1 is 1.11 bits per heavy atom. The summed E-state index contributed by atoms with van der Waals surface area (Å²) in [5.74, 6) is -0.220. The zero-order chi connectivity index (χ0) is 19.5. The fourth-order valence-corrected chi connectivity index (χ4v) is 3.98. The van der Waals surface area contributed by atoms with Crippen LogP contribution in [0.15, 0.2) is 54.6 Å². The number of morpholine rings is 1. The third-order valence-electron chi connectivity index (χ3n) is 5.43. The number of rotatable bonds is 5. The fourth-order valence-electron chi connectivity index (χ4n) is 3.98. The van der Waals surface area contributed by atoms with Crippen molar-refractivity contribution in [2.75, 3.05) is 19.7 Å². The van der Waals surface area contributed by atoms with Crippen molar-refractivity contribution in [1.29, 1.82) is 0 Å². The Morgan fingerprint density at radius 2 is 1.86 bits per heavy atom. The lowest BCUT2D eigenvalue weighted by atomic mass is 10.1. The van der Waals surface area contributed by atoms with Crippen LogP contribution >= 0.6 is 0 Å². The van der Waals surface area contributed by atoms with E-state index in [9.17, 15) is 4.39 Å². The molecule has 1 aliphatic heterocycles. The molecule has 3 aromatic rings. The summed E-state index contributed by atoms with van der Waals surface area (Å²) in [5.41, 5.74) is 6.87. The van der Waals surface area contributed by atoms with Gasteiger partial charge in [-0.3, -0.25) is 0 Å². The highest BCUT2D eigenvalue weighted by Gasteiger charge is 2.23. The van der Waals surface area contributed by atoms with Gasteiger partial charge in [-0.2, -0.15) is 0 Å². The Hall–Kier alpha value is -2.43. The van der Waals surface area contributed by atoms with E-state index in [4.69, 9.17) is 4.74 Å². The second-order valence-electron chi connectivity index (χ2n) is 7.39. The van der Waals surface area contributed by atoms with Crippen LogP contribution in [0.2, 0.25) is 0 Å². The van der Waals surface area contributed by atoms with Crippen molar-refractivity contribution in [3.63, 3.8) is 0 Å². The number of hydrogen-bond acceptors (Lipinski definition) is 2. The first-order valence-corrected chi connectivity index (χ1v) is 10.1. The van der Waals surface area contributed by atoms with E-state index >= 15 is 0 Å². The maximum Gasteiger partial charge on any atom is 0.123 e. The molecule has 1 saturated heterocycles. The molecule has 0 bridgehead atoms. The molecule has 0 saturated carbocycles. The molecule has 1 aromatic heterocycles. The lowest BCUT2D eigenvalue weighted by Gasteiger charge is -2.24. The van der Waals surface area contributed by atoms with Gasteiger partial charge in [0, 0.05) is 30.0 Å². The molecular formula is C24H27FN2O. The summed E-state index contributed by atoms with van der Waals surface area (Å²) in [5, 5.41) is 3.41. The molecule has 2 aromatic carbocycles. The Kier molecular flexibility index (Phi) is 5.60. The zero-order valence-corrected chi connectivity index (χ0v) is 16.5. The summed E-state index contributed by atoms with van der Waals surface area (Å²) in [6, 6.07) is 17.7. The molecule has 0 aliphatic carbocycles. The molecule has 4 rings (SSSR count). The van der Waals surface area contributed by atoms with Crippen LogP contribution in [0.3, 0.4) is 0 Å². The van der Waals surface area contributed by atoms with Crippen LogP contribution in [0, 0.1) is 12.7 Å². The van der Waals surface area contributed by atoms with Crippen LogP contribution in [0.1, 0.15) is 36.3 Å². The molecule has 3 nitrogen and oxygen atoms in total. The quantitative estimate of drug-likeness (QED) is 0.660. The van der Waals surface area contributed by atoms with Crippen molar-refractivity contribution < 1.29 is 9.13 Å². The third-order valence-corrected chi connectivity index (χ3v) is 5.43. The minimum absolute atomic E-state index is 0.0357. The first-order chi connectivity index (χ1) is 13.7. The number of nitrogens with zero attached hydrogens (tertiary/aromatic N) is 1. The summed E-state index contributed by atoms with van der Waals surface area (Å²) < 4.78 is 21.8. The third kappa shape index (κ3) is 3.75. The topological polar surface area (TPSA) is 26.2 Å². The van der Waals surface area contributed by atoms with Crippen LogP contribution in [-0.2, 0) is 11.2 Å². The van der Waals surface area contributed by atoms with Gasteiger partial charge in [0.1, 0.15) is 5.82 Å². The highest BCUT2D eigenvalue weighted by Crippen LogP contribution is 2.34. The normalized spacial score (nSPS) is 17.0. The van der Waals surface area contributed by atoms with E-state index in [0.717, 1.165) is 48.6 Å². The van der Waals surface area contributed by atoms with E-state index in [0.29, 0.717) is 6.61 Å². The highest BCUT2D eigenvalue weighted by atomic mass is 19.1. The van der Waals surface area contributed by atoms with E-state index in [1.54, 1.807) is 0 Å². The van der Waals surface area contributed by atoms with Crippen LogP contribution in [0.5, 0.6) is 0 Å². The smallest absolute Gasteiger partial charge is 0.123 e. The van der Waals surface area contributed by atoms with Crippen LogP contribution in [0.25, 0.3) is 16.9 Å². The number of ether oxygens (including phenoxy) is 1. The van der Waals surface area contributed by atoms with Gasteiger partial charge in [-0.05, 0) is 66.9 Å². The molecule has 28 heavy (non-hydrogen) atoms. The van der Waals surface area contributed by atoms with Crippen molar-refractivity contribution in [3.8, 4) is 16.9 Å². The monoisotopic (exact) mass is 378 g/mol. The number of nitrogens with one attached hydrogen (secondary N) is 1. The average molecular weight is 378 g/mol. The number of hydrogen-bond donors (Lipinski definition) is 1. The number of aromatic nitrogens is 1. The van der Waals surface area contributed by atoms with Crippen LogP contribution in [0.4, 0.5) is 4.39 Å². The molecule has 1 atom stereocenters. The van der Waals surface area contributed by atoms with Crippen LogP contribution in [-0.4, -0.2) is 24.3 Å². The molecule has 2 heterocycles. The number of aryl methyl sites for hydroxylation is 1. The Bertz CT molecular complexity index is 922. The first kappa shape index (κ1) is 18.9. The van der Waals surface area contributed by atoms with Gasteiger partial charge in [0.15, 0.2) is 0 Å². The van der Waals surface area contributed by atoms with E-state index in [2.05, 4.69) is 54.1 Å². The summed E-state index contributed by atoms with van der Waals surface area (Å²) in [6.07, 6.45) is 2.26. The van der Waals surface area contributed by atoms with Crippen molar-refractivity contribution >= 4 is 0 Å². The van der Waals surface area contributed by atoms with E-state index in [-0.39, 0.29) is 11.9 Å².